The third-order valence-electron chi connectivity index (χ3n) is 5.55. The van der Waals surface area contributed by atoms with Gasteiger partial charge in [-0.15, -0.1) is 0 Å². The number of nitrogens with one attached hydrogen (secondary N) is 1. The Kier molecular flexibility index (Phi) is 5.59. The predicted octanol–water partition coefficient (Wildman–Crippen LogP) is 4.98. The summed E-state index contributed by atoms with van der Waals surface area (Å²) in [5, 5.41) is 14.7. The van der Waals surface area contributed by atoms with Crippen LogP contribution in [0.5, 0.6) is 0 Å². The summed E-state index contributed by atoms with van der Waals surface area (Å²) in [5.74, 6) is 0.175. The first-order valence-corrected chi connectivity index (χ1v) is 9.81. The van der Waals surface area contributed by atoms with Crippen molar-refractivity contribution in [2.45, 2.75) is 58.1 Å². The predicted molar refractivity (Wildman–Crippen MR) is 111 cm³/mol. The van der Waals surface area contributed by atoms with Crippen molar-refractivity contribution in [1.29, 1.82) is 0 Å². The van der Waals surface area contributed by atoms with E-state index < -0.39 is 5.60 Å². The number of amides is 1. The zero-order chi connectivity index (χ0) is 19.8. The number of hydrogen-bond donors (Lipinski definition) is 2. The van der Waals surface area contributed by atoms with Crippen LogP contribution in [-0.4, -0.2) is 27.6 Å². The number of aromatic nitrogens is 1. The monoisotopic (exact) mass is 386 g/mol. The van der Waals surface area contributed by atoms with Gasteiger partial charge < -0.3 is 10.4 Å². The average molecular weight is 387 g/mol. The van der Waals surface area contributed by atoms with Gasteiger partial charge >= 0.3 is 0 Å². The van der Waals surface area contributed by atoms with Crippen molar-refractivity contribution in [1.82, 2.24) is 10.3 Å². The van der Waals surface area contributed by atoms with Gasteiger partial charge in [-0.3, -0.25) is 9.78 Å². The maximum absolute atomic E-state index is 12.6. The first-order valence-electron chi connectivity index (χ1n) is 9.43. The van der Waals surface area contributed by atoms with Crippen LogP contribution < -0.4 is 5.32 Å². The maximum Gasteiger partial charge on any atom is 0.253 e. The lowest BCUT2D eigenvalue weighted by atomic mass is 9.77. The van der Waals surface area contributed by atoms with Crippen LogP contribution >= 0.6 is 11.6 Å². The minimum absolute atomic E-state index is 0.115. The first kappa shape index (κ1) is 19.8. The molecule has 1 heterocycles. The minimum Gasteiger partial charge on any atom is -0.390 e. The van der Waals surface area contributed by atoms with E-state index in [1.165, 1.54) is 0 Å². The lowest BCUT2D eigenvalue weighted by molar-refractivity contribution is -0.00257. The molecule has 5 heteroatoms. The Balaban J connectivity index is 1.71. The van der Waals surface area contributed by atoms with Crippen LogP contribution in [0.3, 0.4) is 0 Å². The van der Waals surface area contributed by atoms with Gasteiger partial charge in [-0.25, -0.2) is 0 Å². The summed E-state index contributed by atoms with van der Waals surface area (Å²) >= 11 is 6.33. The molecule has 4 nitrogen and oxygen atoms in total. The second-order valence-corrected chi connectivity index (χ2v) is 8.61. The molecule has 0 spiro atoms. The van der Waals surface area contributed by atoms with E-state index in [1.54, 1.807) is 6.20 Å². The Labute approximate surface area is 165 Å². The van der Waals surface area contributed by atoms with Crippen molar-refractivity contribution >= 4 is 34.0 Å². The molecule has 1 aliphatic carbocycles. The molecule has 1 aliphatic rings. The fourth-order valence-corrected chi connectivity index (χ4v) is 4.15. The van der Waals surface area contributed by atoms with E-state index in [0.717, 1.165) is 47.7 Å². The van der Waals surface area contributed by atoms with Gasteiger partial charge in [-0.1, -0.05) is 18.2 Å². The number of halogens is 1. The number of rotatable bonds is 4. The van der Waals surface area contributed by atoms with E-state index in [0.29, 0.717) is 10.6 Å². The van der Waals surface area contributed by atoms with Crippen LogP contribution in [0.25, 0.3) is 16.5 Å². The lowest BCUT2D eigenvalue weighted by Crippen LogP contribution is -2.41. The smallest absolute Gasteiger partial charge is 0.253 e. The number of hydrogen-bond acceptors (Lipinski definition) is 3. The molecular formula is C22H27ClN2O2. The summed E-state index contributed by atoms with van der Waals surface area (Å²) in [6, 6.07) is 5.70. The molecule has 2 aromatic rings. The SMILES string of the molecule is C=C(C)c1cc2ncc(C(=O)NC3CCC(C(C)(C)O)CC3)cc2cc1Cl. The van der Waals surface area contributed by atoms with Crippen molar-refractivity contribution in [2.24, 2.45) is 5.92 Å². The normalized spacial score (nSPS) is 20.5. The molecular weight excluding hydrogens is 360 g/mol. The maximum atomic E-state index is 12.6. The van der Waals surface area contributed by atoms with Gasteiger partial charge in [0.1, 0.15) is 0 Å². The molecule has 0 aliphatic heterocycles. The molecule has 1 aromatic carbocycles. The Hall–Kier alpha value is -1.91. The van der Waals surface area contributed by atoms with E-state index >= 15 is 0 Å². The summed E-state index contributed by atoms with van der Waals surface area (Å²) in [7, 11) is 0. The Bertz CT molecular complexity index is 878. The van der Waals surface area contributed by atoms with E-state index in [4.69, 9.17) is 11.6 Å². The molecule has 0 radical (unpaired) electrons. The second kappa shape index (κ2) is 7.61. The number of fused-ring (bicyclic) bond motifs is 1. The molecule has 0 saturated heterocycles. The molecule has 1 fully saturated rings. The van der Waals surface area contributed by atoms with E-state index in [1.807, 2.05) is 39.0 Å². The molecule has 3 rings (SSSR count). The standard InChI is InChI=1S/C22H27ClN2O2/c1-13(2)18-11-20-14(10-19(18)23)9-15(12-24-20)21(26)25-17-7-5-16(6-8-17)22(3,4)27/h9-12,16-17,27H,1,5-8H2,2-4H3,(H,25,26). The van der Waals surface area contributed by atoms with Crippen LogP contribution in [0.1, 0.15) is 62.4 Å². The van der Waals surface area contributed by atoms with Crippen LogP contribution in [0, 0.1) is 5.92 Å². The number of carbonyl (C=O) groups excluding carboxylic acids is 1. The largest absolute Gasteiger partial charge is 0.390 e. The fraction of sp³-hybridized carbons (Fsp3) is 0.455. The molecule has 0 atom stereocenters. The molecule has 0 bridgehead atoms. The van der Waals surface area contributed by atoms with Crippen molar-refractivity contribution in [3.05, 3.63) is 47.1 Å². The van der Waals surface area contributed by atoms with Crippen LogP contribution in [0.2, 0.25) is 5.02 Å². The summed E-state index contributed by atoms with van der Waals surface area (Å²) in [6.45, 7) is 9.56. The van der Waals surface area contributed by atoms with Gasteiger partial charge in [-0.2, -0.15) is 0 Å². The number of aliphatic hydroxyl groups is 1. The topological polar surface area (TPSA) is 62.2 Å². The number of carbonyl (C=O) groups is 1. The quantitative estimate of drug-likeness (QED) is 0.778. The van der Waals surface area contributed by atoms with Crippen molar-refractivity contribution in [3.63, 3.8) is 0 Å². The summed E-state index contributed by atoms with van der Waals surface area (Å²) < 4.78 is 0. The van der Waals surface area contributed by atoms with Crippen molar-refractivity contribution in [2.75, 3.05) is 0 Å². The minimum atomic E-state index is -0.654. The van der Waals surface area contributed by atoms with Crippen molar-refractivity contribution in [3.8, 4) is 0 Å². The lowest BCUT2D eigenvalue weighted by Gasteiger charge is -2.36. The molecule has 1 aromatic heterocycles. The average Bonchev–Trinajstić information content (AvgIpc) is 2.60. The van der Waals surface area contributed by atoms with Crippen LogP contribution in [-0.2, 0) is 0 Å². The van der Waals surface area contributed by atoms with Crippen molar-refractivity contribution < 1.29 is 9.90 Å². The zero-order valence-corrected chi connectivity index (χ0v) is 16.9. The highest BCUT2D eigenvalue weighted by Gasteiger charge is 2.31. The van der Waals surface area contributed by atoms with Crippen LogP contribution in [0.15, 0.2) is 31.0 Å². The summed E-state index contributed by atoms with van der Waals surface area (Å²) in [4.78, 5) is 17.1. The third kappa shape index (κ3) is 4.50. The third-order valence-corrected chi connectivity index (χ3v) is 5.87. The second-order valence-electron chi connectivity index (χ2n) is 8.20. The summed E-state index contributed by atoms with van der Waals surface area (Å²) in [5.41, 5.74) is 2.43. The van der Waals surface area contributed by atoms with E-state index in [2.05, 4.69) is 16.9 Å². The van der Waals surface area contributed by atoms with E-state index in [9.17, 15) is 9.90 Å². The van der Waals surface area contributed by atoms with Gasteiger partial charge in [0.15, 0.2) is 0 Å². The van der Waals surface area contributed by atoms with Gasteiger partial charge in [0, 0.05) is 22.6 Å². The zero-order valence-electron chi connectivity index (χ0n) is 16.2. The highest BCUT2D eigenvalue weighted by molar-refractivity contribution is 6.33. The van der Waals surface area contributed by atoms with Gasteiger partial charge in [0.25, 0.3) is 5.91 Å². The highest BCUT2D eigenvalue weighted by atomic mass is 35.5. The highest BCUT2D eigenvalue weighted by Crippen LogP contribution is 2.32. The van der Waals surface area contributed by atoms with Gasteiger partial charge in [-0.05, 0) is 81.7 Å². The number of nitrogens with zero attached hydrogens (tertiary/aromatic N) is 1. The summed E-state index contributed by atoms with van der Waals surface area (Å²) in [6.07, 6.45) is 5.22. The Morgan fingerprint density at radius 1 is 1.26 bits per heavy atom. The Morgan fingerprint density at radius 3 is 2.52 bits per heavy atom. The molecule has 27 heavy (non-hydrogen) atoms. The van der Waals surface area contributed by atoms with Gasteiger partial charge in [0.05, 0.1) is 16.7 Å². The number of allylic oxidation sites excluding steroid dienone is 1. The van der Waals surface area contributed by atoms with Crippen LogP contribution in [0.4, 0.5) is 0 Å². The Morgan fingerprint density at radius 2 is 1.93 bits per heavy atom. The van der Waals surface area contributed by atoms with E-state index in [-0.39, 0.29) is 17.9 Å². The molecule has 1 amide bonds. The number of pyridine rings is 1. The molecule has 2 N–H and O–H groups in total. The molecule has 1 saturated carbocycles. The molecule has 0 unspecified atom stereocenters. The fourth-order valence-electron chi connectivity index (χ4n) is 3.81. The first-order chi connectivity index (χ1) is 12.6. The number of benzene rings is 1. The molecule has 144 valence electrons. The van der Waals surface area contributed by atoms with Gasteiger partial charge in [0.2, 0.25) is 0 Å².